The second-order valence-electron chi connectivity index (χ2n) is 7.79. The van der Waals surface area contributed by atoms with Crippen molar-refractivity contribution in [2.45, 2.75) is 0 Å². The zero-order valence-electron chi connectivity index (χ0n) is 18.2. The van der Waals surface area contributed by atoms with E-state index in [1.54, 1.807) is 12.3 Å². The Bertz CT molecular complexity index is 1350. The number of benzene rings is 3. The van der Waals surface area contributed by atoms with Crippen LogP contribution in [0.4, 0.5) is 5.69 Å². The van der Waals surface area contributed by atoms with E-state index in [1.165, 1.54) is 0 Å². The van der Waals surface area contributed by atoms with Crippen LogP contribution in [0.2, 0.25) is 0 Å². The molecule has 4 aromatic rings. The van der Waals surface area contributed by atoms with Crippen molar-refractivity contribution in [3.05, 3.63) is 102 Å². The highest BCUT2D eigenvalue weighted by atomic mass is 16.5. The van der Waals surface area contributed by atoms with E-state index in [1.807, 2.05) is 97.9 Å². The Labute approximate surface area is 191 Å². The van der Waals surface area contributed by atoms with Crippen LogP contribution in [0.1, 0.15) is 11.1 Å². The van der Waals surface area contributed by atoms with Gasteiger partial charge in [0.2, 0.25) is 11.8 Å². The molecule has 5 rings (SSSR count). The summed E-state index contributed by atoms with van der Waals surface area (Å²) in [5.41, 5.74) is 4.45. The molecule has 162 valence electrons. The molecule has 33 heavy (non-hydrogen) atoms. The summed E-state index contributed by atoms with van der Waals surface area (Å²) in [7, 11) is 3.94. The number of hydrogen-bond donors (Lipinski definition) is 0. The van der Waals surface area contributed by atoms with Crippen LogP contribution in [0.5, 0.6) is 0 Å². The van der Waals surface area contributed by atoms with E-state index in [-0.39, 0.29) is 5.76 Å². The highest BCUT2D eigenvalue weighted by Gasteiger charge is 2.24. The second-order valence-corrected chi connectivity index (χ2v) is 7.79. The summed E-state index contributed by atoms with van der Waals surface area (Å²) in [5.74, 6) is 1.35. The standard InChI is InChI=1S/C27H21N3O3/c1-30(2)22-14-12-21(13-15-22)27-29-25(31)23(32-27)16-18-8-10-20(11-9-18)26-28-17-24(33-26)19-6-4-3-5-7-19/h3-17H,1-2H3. The fourth-order valence-corrected chi connectivity index (χ4v) is 3.45. The van der Waals surface area contributed by atoms with Crippen LogP contribution in [0.25, 0.3) is 28.9 Å². The average molecular weight is 435 g/mol. The third-order valence-corrected chi connectivity index (χ3v) is 5.27. The molecule has 0 bridgehead atoms. The molecule has 0 saturated heterocycles. The van der Waals surface area contributed by atoms with Gasteiger partial charge >= 0.3 is 5.91 Å². The zero-order chi connectivity index (χ0) is 22.8. The number of aliphatic imine (C=N–C) groups is 1. The van der Waals surface area contributed by atoms with Crippen LogP contribution in [0.15, 0.2) is 100 Å². The number of hydrogen-bond acceptors (Lipinski definition) is 5. The van der Waals surface area contributed by atoms with Gasteiger partial charge in [-0.05, 0) is 48.0 Å². The third kappa shape index (κ3) is 4.32. The Morgan fingerprint density at radius 1 is 0.818 bits per heavy atom. The van der Waals surface area contributed by atoms with Crippen LogP contribution in [-0.2, 0) is 9.53 Å². The van der Waals surface area contributed by atoms with E-state index in [4.69, 9.17) is 9.15 Å². The van der Waals surface area contributed by atoms with Crippen molar-refractivity contribution < 1.29 is 13.9 Å². The van der Waals surface area contributed by atoms with E-state index in [2.05, 4.69) is 9.98 Å². The Balaban J connectivity index is 1.31. The highest BCUT2D eigenvalue weighted by molar-refractivity contribution is 6.14. The first-order valence-electron chi connectivity index (χ1n) is 10.5. The summed E-state index contributed by atoms with van der Waals surface area (Å²) < 4.78 is 11.7. The number of carbonyl (C=O) groups is 1. The largest absolute Gasteiger partial charge is 0.436 e. The third-order valence-electron chi connectivity index (χ3n) is 5.27. The fourth-order valence-electron chi connectivity index (χ4n) is 3.45. The molecule has 2 heterocycles. The molecular formula is C27H21N3O3. The number of amides is 1. The first-order valence-corrected chi connectivity index (χ1v) is 10.5. The lowest BCUT2D eigenvalue weighted by molar-refractivity contribution is -0.115. The van der Waals surface area contributed by atoms with E-state index in [0.717, 1.165) is 27.9 Å². The van der Waals surface area contributed by atoms with Gasteiger partial charge in [-0.2, -0.15) is 4.99 Å². The van der Waals surface area contributed by atoms with Crippen LogP contribution < -0.4 is 4.90 Å². The lowest BCUT2D eigenvalue weighted by Gasteiger charge is -2.12. The Hall–Kier alpha value is -4.45. The molecule has 0 N–H and O–H groups in total. The fraction of sp³-hybridized carbons (Fsp3) is 0.0741. The number of carbonyl (C=O) groups excluding carboxylic acids is 1. The lowest BCUT2D eigenvalue weighted by Crippen LogP contribution is -2.09. The molecule has 3 aromatic carbocycles. The number of ether oxygens (including phenoxy) is 1. The topological polar surface area (TPSA) is 67.9 Å². The van der Waals surface area contributed by atoms with Gasteiger partial charge in [0.15, 0.2) is 11.5 Å². The van der Waals surface area contributed by atoms with Crippen LogP contribution in [-0.4, -0.2) is 30.9 Å². The summed E-state index contributed by atoms with van der Waals surface area (Å²) in [6.45, 7) is 0. The summed E-state index contributed by atoms with van der Waals surface area (Å²) >= 11 is 0. The van der Waals surface area contributed by atoms with Crippen molar-refractivity contribution in [3.63, 3.8) is 0 Å². The van der Waals surface area contributed by atoms with Gasteiger partial charge < -0.3 is 14.1 Å². The Morgan fingerprint density at radius 3 is 2.21 bits per heavy atom. The monoisotopic (exact) mass is 435 g/mol. The van der Waals surface area contributed by atoms with Gasteiger partial charge in [0.25, 0.3) is 0 Å². The predicted octanol–water partition coefficient (Wildman–Crippen LogP) is 5.42. The van der Waals surface area contributed by atoms with Crippen LogP contribution >= 0.6 is 0 Å². The number of anilines is 1. The maximum atomic E-state index is 12.3. The van der Waals surface area contributed by atoms with Gasteiger partial charge in [0.05, 0.1) is 6.20 Å². The molecular weight excluding hydrogens is 414 g/mol. The number of rotatable bonds is 5. The molecule has 0 atom stereocenters. The SMILES string of the molecule is CN(C)c1ccc(C2=NC(=O)C(=Cc3ccc(-c4ncc(-c5ccccc5)o4)cc3)O2)cc1. The van der Waals surface area contributed by atoms with E-state index >= 15 is 0 Å². The van der Waals surface area contributed by atoms with E-state index in [0.29, 0.717) is 17.5 Å². The molecule has 0 fully saturated rings. The molecule has 1 aromatic heterocycles. The van der Waals surface area contributed by atoms with Crippen molar-refractivity contribution >= 4 is 23.6 Å². The molecule has 6 nitrogen and oxygen atoms in total. The molecule has 1 aliphatic rings. The van der Waals surface area contributed by atoms with Gasteiger partial charge in [-0.1, -0.05) is 42.5 Å². The predicted molar refractivity (Wildman–Crippen MR) is 129 cm³/mol. The molecule has 6 heteroatoms. The first kappa shape index (κ1) is 20.5. The van der Waals surface area contributed by atoms with E-state index in [9.17, 15) is 4.79 Å². The van der Waals surface area contributed by atoms with Crippen molar-refractivity contribution in [3.8, 4) is 22.8 Å². The lowest BCUT2D eigenvalue weighted by atomic mass is 10.1. The minimum Gasteiger partial charge on any atom is -0.436 e. The minimum absolute atomic E-state index is 0.192. The summed E-state index contributed by atoms with van der Waals surface area (Å²) in [6.07, 6.45) is 3.40. The van der Waals surface area contributed by atoms with Crippen molar-refractivity contribution in [2.24, 2.45) is 4.99 Å². The summed E-state index contributed by atoms with van der Waals surface area (Å²) in [4.78, 5) is 22.8. The molecule has 0 saturated carbocycles. The maximum Gasteiger partial charge on any atom is 0.316 e. The Morgan fingerprint density at radius 2 is 1.52 bits per heavy atom. The number of aromatic nitrogens is 1. The quantitative estimate of drug-likeness (QED) is 0.392. The molecule has 0 aliphatic carbocycles. The highest BCUT2D eigenvalue weighted by Crippen LogP contribution is 2.27. The zero-order valence-corrected chi connectivity index (χ0v) is 18.2. The van der Waals surface area contributed by atoms with Crippen LogP contribution in [0.3, 0.4) is 0 Å². The summed E-state index contributed by atoms with van der Waals surface area (Å²) in [6, 6.07) is 25.1. The molecule has 1 aliphatic heterocycles. The second kappa shape index (κ2) is 8.59. The van der Waals surface area contributed by atoms with Crippen LogP contribution in [0, 0.1) is 0 Å². The normalized spacial score (nSPS) is 14.3. The average Bonchev–Trinajstić information content (AvgIpc) is 3.48. The van der Waals surface area contributed by atoms with Crippen molar-refractivity contribution in [1.82, 2.24) is 4.98 Å². The number of nitrogens with zero attached hydrogens (tertiary/aromatic N) is 3. The molecule has 1 amide bonds. The van der Waals surface area contributed by atoms with Gasteiger partial charge in [-0.25, -0.2) is 4.98 Å². The van der Waals surface area contributed by atoms with Gasteiger partial charge in [0.1, 0.15) is 0 Å². The minimum atomic E-state index is -0.397. The molecule has 0 unspecified atom stereocenters. The smallest absolute Gasteiger partial charge is 0.316 e. The van der Waals surface area contributed by atoms with E-state index < -0.39 is 5.91 Å². The molecule has 0 spiro atoms. The van der Waals surface area contributed by atoms with Crippen molar-refractivity contribution in [2.75, 3.05) is 19.0 Å². The summed E-state index contributed by atoms with van der Waals surface area (Å²) in [5, 5.41) is 0. The molecule has 0 radical (unpaired) electrons. The van der Waals surface area contributed by atoms with Crippen molar-refractivity contribution in [1.29, 1.82) is 0 Å². The van der Waals surface area contributed by atoms with Gasteiger partial charge in [-0.15, -0.1) is 0 Å². The first-order chi connectivity index (χ1) is 16.1. The van der Waals surface area contributed by atoms with Gasteiger partial charge in [0, 0.05) is 36.5 Å². The van der Waals surface area contributed by atoms with Gasteiger partial charge in [-0.3, -0.25) is 4.79 Å². The number of oxazole rings is 1. The Kier molecular flexibility index (Phi) is 5.32. The maximum absolute atomic E-state index is 12.3.